The molecular weight excluding hydrogens is 182 g/mol. The summed E-state index contributed by atoms with van der Waals surface area (Å²) >= 11 is 0. The van der Waals surface area contributed by atoms with Gasteiger partial charge in [-0.3, -0.25) is 4.79 Å². The molecule has 0 saturated heterocycles. The number of rotatable bonds is 8. The molecule has 0 radical (unpaired) electrons. The Balaban J connectivity index is 3.34. The average Bonchev–Trinajstić information content (AvgIpc) is 2.17. The molecule has 0 saturated carbocycles. The third kappa shape index (κ3) is 6.86. The Morgan fingerprint density at radius 1 is 1.36 bits per heavy atom. The summed E-state index contributed by atoms with van der Waals surface area (Å²) in [5.41, 5.74) is 5.52. The highest BCUT2D eigenvalue weighted by Gasteiger charge is 2.13. The molecule has 0 aliphatic carbocycles. The predicted octanol–water partition coefficient (Wildman–Crippen LogP) is 1.08. The Bertz CT molecular complexity index is 150. The lowest BCUT2D eigenvalue weighted by atomic mass is 10.3. The Morgan fingerprint density at radius 2 is 2.07 bits per heavy atom. The van der Waals surface area contributed by atoms with Gasteiger partial charge in [0.25, 0.3) is 0 Å². The average molecular weight is 203 g/mol. The summed E-state index contributed by atoms with van der Waals surface area (Å²) in [6.45, 7) is 5.17. The predicted molar refractivity (Wildman–Crippen MR) is 55.0 cm³/mol. The van der Waals surface area contributed by atoms with Gasteiger partial charge in [-0.05, 0) is 13.3 Å². The Kier molecular flexibility index (Phi) is 8.57. The molecule has 14 heavy (non-hydrogen) atoms. The molecule has 0 amide bonds. The minimum Gasteiger partial charge on any atom is -0.465 e. The van der Waals surface area contributed by atoms with E-state index in [1.54, 1.807) is 6.92 Å². The highest BCUT2D eigenvalue weighted by Crippen LogP contribution is 1.95. The summed E-state index contributed by atoms with van der Waals surface area (Å²) in [4.78, 5) is 11.0. The van der Waals surface area contributed by atoms with Crippen molar-refractivity contribution in [1.29, 1.82) is 0 Å². The number of esters is 1. The Morgan fingerprint density at radius 3 is 2.64 bits per heavy atom. The second kappa shape index (κ2) is 8.97. The first-order chi connectivity index (χ1) is 6.72. The molecule has 0 aliphatic rings. The van der Waals surface area contributed by atoms with E-state index < -0.39 is 6.04 Å². The molecule has 2 N–H and O–H groups in total. The lowest BCUT2D eigenvalue weighted by Crippen LogP contribution is -2.36. The third-order valence-electron chi connectivity index (χ3n) is 1.78. The number of carbonyl (C=O) groups is 1. The second-order valence-corrected chi connectivity index (χ2v) is 3.14. The van der Waals surface area contributed by atoms with Gasteiger partial charge in [-0.15, -0.1) is 0 Å². The van der Waals surface area contributed by atoms with Crippen molar-refractivity contribution in [3.8, 4) is 0 Å². The summed E-state index contributed by atoms with van der Waals surface area (Å²) in [6.07, 6.45) is 3.33. The number of unbranched alkanes of at least 4 members (excludes halogenated alkanes) is 2. The molecule has 0 heterocycles. The molecule has 1 atom stereocenters. The number of hydrogen-bond acceptors (Lipinski definition) is 4. The van der Waals surface area contributed by atoms with Gasteiger partial charge in [0, 0.05) is 6.61 Å². The molecule has 1 unspecified atom stereocenters. The van der Waals surface area contributed by atoms with E-state index in [-0.39, 0.29) is 12.6 Å². The molecular formula is C10H21NO3. The number of hydrogen-bond donors (Lipinski definition) is 1. The topological polar surface area (TPSA) is 61.5 Å². The maximum absolute atomic E-state index is 11.0. The minimum atomic E-state index is -0.642. The van der Waals surface area contributed by atoms with E-state index in [9.17, 15) is 4.79 Å². The van der Waals surface area contributed by atoms with Crippen LogP contribution in [0.1, 0.15) is 33.1 Å². The van der Waals surface area contributed by atoms with Crippen LogP contribution in [-0.2, 0) is 14.3 Å². The summed E-state index contributed by atoms with van der Waals surface area (Å²) in [6, 6.07) is -0.642. The summed E-state index contributed by atoms with van der Waals surface area (Å²) < 4.78 is 9.98. The van der Waals surface area contributed by atoms with E-state index in [0.29, 0.717) is 13.2 Å². The molecule has 0 bridgehead atoms. The molecule has 0 spiro atoms. The van der Waals surface area contributed by atoms with Crippen molar-refractivity contribution < 1.29 is 14.3 Å². The van der Waals surface area contributed by atoms with Gasteiger partial charge in [0.05, 0.1) is 13.2 Å². The molecule has 0 aliphatic heterocycles. The van der Waals surface area contributed by atoms with Crippen LogP contribution in [0.2, 0.25) is 0 Å². The van der Waals surface area contributed by atoms with Gasteiger partial charge >= 0.3 is 5.97 Å². The van der Waals surface area contributed by atoms with Crippen LogP contribution in [0.15, 0.2) is 0 Å². The molecule has 84 valence electrons. The van der Waals surface area contributed by atoms with Crippen molar-refractivity contribution in [3.63, 3.8) is 0 Å². The molecule has 0 aromatic heterocycles. The van der Waals surface area contributed by atoms with Crippen LogP contribution in [0, 0.1) is 0 Å². The van der Waals surface area contributed by atoms with Crippen molar-refractivity contribution in [2.45, 2.75) is 39.2 Å². The third-order valence-corrected chi connectivity index (χ3v) is 1.78. The zero-order valence-corrected chi connectivity index (χ0v) is 9.12. The first-order valence-corrected chi connectivity index (χ1v) is 5.22. The van der Waals surface area contributed by atoms with Crippen LogP contribution in [0.4, 0.5) is 0 Å². The largest absolute Gasteiger partial charge is 0.465 e. The van der Waals surface area contributed by atoms with Gasteiger partial charge < -0.3 is 15.2 Å². The van der Waals surface area contributed by atoms with Gasteiger partial charge in [0.15, 0.2) is 0 Å². The van der Waals surface area contributed by atoms with E-state index in [1.807, 2.05) is 0 Å². The Hall–Kier alpha value is -0.610. The summed E-state index contributed by atoms with van der Waals surface area (Å²) in [7, 11) is 0. The Labute approximate surface area is 85.8 Å². The smallest absolute Gasteiger partial charge is 0.325 e. The lowest BCUT2D eigenvalue weighted by molar-refractivity contribution is -0.146. The molecule has 0 fully saturated rings. The van der Waals surface area contributed by atoms with Crippen LogP contribution in [0.5, 0.6) is 0 Å². The van der Waals surface area contributed by atoms with Crippen LogP contribution < -0.4 is 5.73 Å². The highest BCUT2D eigenvalue weighted by atomic mass is 16.5. The number of carbonyl (C=O) groups excluding carboxylic acids is 1. The molecule has 4 heteroatoms. The highest BCUT2D eigenvalue weighted by molar-refractivity contribution is 5.75. The molecule has 0 aromatic carbocycles. The van der Waals surface area contributed by atoms with E-state index in [4.69, 9.17) is 15.2 Å². The van der Waals surface area contributed by atoms with Crippen molar-refractivity contribution >= 4 is 5.97 Å². The van der Waals surface area contributed by atoms with Crippen LogP contribution in [0.3, 0.4) is 0 Å². The summed E-state index contributed by atoms with van der Waals surface area (Å²) in [5.74, 6) is -0.386. The fourth-order valence-electron chi connectivity index (χ4n) is 0.982. The zero-order valence-electron chi connectivity index (χ0n) is 9.12. The first kappa shape index (κ1) is 13.4. The minimum absolute atomic E-state index is 0.253. The standard InChI is InChI=1S/C10H21NO3/c1-3-5-6-7-13-8-9(11)10(12)14-4-2/h9H,3-8,11H2,1-2H3. The van der Waals surface area contributed by atoms with Crippen molar-refractivity contribution in [2.24, 2.45) is 5.73 Å². The van der Waals surface area contributed by atoms with E-state index in [1.165, 1.54) is 0 Å². The van der Waals surface area contributed by atoms with Gasteiger partial charge in [-0.2, -0.15) is 0 Å². The maximum Gasteiger partial charge on any atom is 0.325 e. The number of ether oxygens (including phenoxy) is 2. The van der Waals surface area contributed by atoms with Gasteiger partial charge in [0.2, 0.25) is 0 Å². The maximum atomic E-state index is 11.0. The SMILES string of the molecule is CCCCCOCC(N)C(=O)OCC. The van der Waals surface area contributed by atoms with Crippen molar-refractivity contribution in [3.05, 3.63) is 0 Å². The van der Waals surface area contributed by atoms with E-state index in [2.05, 4.69) is 6.92 Å². The fraction of sp³-hybridized carbons (Fsp3) is 0.900. The second-order valence-electron chi connectivity index (χ2n) is 3.14. The van der Waals surface area contributed by atoms with Crippen LogP contribution in [-0.4, -0.2) is 31.8 Å². The van der Waals surface area contributed by atoms with E-state index in [0.717, 1.165) is 19.3 Å². The monoisotopic (exact) mass is 203 g/mol. The number of nitrogens with two attached hydrogens (primary N) is 1. The normalized spacial score (nSPS) is 12.5. The van der Waals surface area contributed by atoms with Crippen LogP contribution in [0.25, 0.3) is 0 Å². The quantitative estimate of drug-likeness (QED) is 0.473. The van der Waals surface area contributed by atoms with Crippen molar-refractivity contribution in [2.75, 3.05) is 19.8 Å². The van der Waals surface area contributed by atoms with Gasteiger partial charge in [-0.25, -0.2) is 0 Å². The van der Waals surface area contributed by atoms with Crippen molar-refractivity contribution in [1.82, 2.24) is 0 Å². The first-order valence-electron chi connectivity index (χ1n) is 5.22. The molecule has 0 aromatic rings. The zero-order chi connectivity index (χ0) is 10.8. The fourth-order valence-corrected chi connectivity index (χ4v) is 0.982. The molecule has 0 rings (SSSR count). The van der Waals surface area contributed by atoms with Crippen LogP contribution >= 0.6 is 0 Å². The van der Waals surface area contributed by atoms with Gasteiger partial charge in [0.1, 0.15) is 6.04 Å². The summed E-state index contributed by atoms with van der Waals surface area (Å²) in [5, 5.41) is 0. The van der Waals surface area contributed by atoms with E-state index >= 15 is 0 Å². The molecule has 4 nitrogen and oxygen atoms in total. The van der Waals surface area contributed by atoms with Gasteiger partial charge in [-0.1, -0.05) is 19.8 Å². The lowest BCUT2D eigenvalue weighted by Gasteiger charge is -2.10.